The number of hydrogen-bond acceptors (Lipinski definition) is 7. The summed E-state index contributed by atoms with van der Waals surface area (Å²) in [5, 5.41) is 20.3. The zero-order chi connectivity index (χ0) is 24.9. The predicted molar refractivity (Wildman–Crippen MR) is 127 cm³/mol. The number of rotatable bonds is 7. The Morgan fingerprint density at radius 2 is 1.83 bits per heavy atom. The highest BCUT2D eigenvalue weighted by molar-refractivity contribution is 5.95. The second kappa shape index (κ2) is 10.3. The molecule has 0 atom stereocenters. The van der Waals surface area contributed by atoms with Gasteiger partial charge in [-0.3, -0.25) is 4.79 Å². The highest BCUT2D eigenvalue weighted by Gasteiger charge is 2.21. The van der Waals surface area contributed by atoms with Crippen molar-refractivity contribution in [3.63, 3.8) is 0 Å². The summed E-state index contributed by atoms with van der Waals surface area (Å²) in [6.07, 6.45) is 2.20. The number of halogens is 1. The molecule has 1 fully saturated rings. The highest BCUT2D eigenvalue weighted by Crippen LogP contribution is 2.27. The number of nitriles is 1. The van der Waals surface area contributed by atoms with Crippen molar-refractivity contribution >= 4 is 23.5 Å². The first-order valence-corrected chi connectivity index (χ1v) is 11.3. The van der Waals surface area contributed by atoms with E-state index in [1.165, 1.54) is 18.2 Å². The van der Waals surface area contributed by atoms with Gasteiger partial charge < -0.3 is 19.5 Å². The van der Waals surface area contributed by atoms with Gasteiger partial charge in [-0.15, -0.1) is 10.2 Å². The number of nitrogens with one attached hydrogen (secondary N) is 1. The minimum Gasteiger partial charge on any atom is -0.451 e. The van der Waals surface area contributed by atoms with Crippen molar-refractivity contribution in [1.82, 2.24) is 14.8 Å². The van der Waals surface area contributed by atoms with E-state index in [1.807, 2.05) is 6.92 Å². The van der Waals surface area contributed by atoms with Crippen LogP contribution in [0, 0.1) is 31.0 Å². The average molecular weight is 477 g/mol. The van der Waals surface area contributed by atoms with Crippen molar-refractivity contribution < 1.29 is 18.7 Å². The van der Waals surface area contributed by atoms with E-state index in [0.29, 0.717) is 23.7 Å². The van der Waals surface area contributed by atoms with Crippen molar-refractivity contribution in [2.75, 3.05) is 29.9 Å². The molecule has 180 valence electrons. The largest absolute Gasteiger partial charge is 0.451 e. The van der Waals surface area contributed by atoms with E-state index in [0.717, 1.165) is 42.8 Å². The number of aromatic nitrogens is 3. The van der Waals surface area contributed by atoms with Crippen LogP contribution in [0.25, 0.3) is 0 Å². The van der Waals surface area contributed by atoms with E-state index in [1.54, 1.807) is 29.7 Å². The molecule has 0 bridgehead atoms. The Balaban J connectivity index is 1.42. The van der Waals surface area contributed by atoms with Crippen molar-refractivity contribution in [3.05, 3.63) is 70.3 Å². The maximum atomic E-state index is 13.3. The van der Waals surface area contributed by atoms with Gasteiger partial charge in [0, 0.05) is 25.3 Å². The summed E-state index contributed by atoms with van der Waals surface area (Å²) in [6.45, 7) is 5.20. The Hall–Kier alpha value is -4.26. The standard InChI is InChI=1S/C25H25FN6O3/c1-16-17(2)32(14-18-5-7-19(26)8-6-18)24(20(16)13-27)28-23(33)15-35-25(34)21-9-10-22(30-29-21)31-11-3-4-12-31/h5-10H,3-4,11-12,14-15H2,1-2H3,(H,28,33). The topological polar surface area (TPSA) is 113 Å². The number of anilines is 2. The molecule has 1 aliphatic rings. The van der Waals surface area contributed by atoms with Gasteiger partial charge in [0.05, 0.1) is 5.56 Å². The second-order valence-corrected chi connectivity index (χ2v) is 8.35. The Kier molecular flexibility index (Phi) is 7.06. The molecule has 1 N–H and O–H groups in total. The van der Waals surface area contributed by atoms with Gasteiger partial charge in [-0.1, -0.05) is 12.1 Å². The minimum atomic E-state index is -0.768. The molecule has 9 nitrogen and oxygen atoms in total. The lowest BCUT2D eigenvalue weighted by Crippen LogP contribution is -2.24. The van der Waals surface area contributed by atoms with Gasteiger partial charge in [0.2, 0.25) is 0 Å². The summed E-state index contributed by atoms with van der Waals surface area (Å²) in [5.41, 5.74) is 2.62. The fourth-order valence-electron chi connectivity index (χ4n) is 4.02. The van der Waals surface area contributed by atoms with Gasteiger partial charge in [0.1, 0.15) is 17.7 Å². The number of carbonyl (C=O) groups excluding carboxylic acids is 2. The molecular formula is C25H25FN6O3. The molecule has 4 rings (SSSR count). The van der Waals surface area contributed by atoms with Gasteiger partial charge in [-0.05, 0) is 62.1 Å². The molecule has 2 aromatic heterocycles. The fourth-order valence-corrected chi connectivity index (χ4v) is 4.02. The zero-order valence-electron chi connectivity index (χ0n) is 19.5. The van der Waals surface area contributed by atoms with Crippen LogP contribution in [0.15, 0.2) is 36.4 Å². The van der Waals surface area contributed by atoms with Gasteiger partial charge in [0.15, 0.2) is 18.1 Å². The number of hydrogen-bond donors (Lipinski definition) is 1. The number of amides is 1. The number of carbonyl (C=O) groups is 2. The van der Waals surface area contributed by atoms with Crippen LogP contribution in [0.1, 0.15) is 45.7 Å². The van der Waals surface area contributed by atoms with Crippen LogP contribution in [0.5, 0.6) is 0 Å². The summed E-state index contributed by atoms with van der Waals surface area (Å²) in [6, 6.07) is 11.3. The van der Waals surface area contributed by atoms with Crippen molar-refractivity contribution in [3.8, 4) is 6.07 Å². The van der Waals surface area contributed by atoms with E-state index in [4.69, 9.17) is 4.74 Å². The predicted octanol–water partition coefficient (Wildman–Crippen LogP) is 3.35. The van der Waals surface area contributed by atoms with Crippen molar-refractivity contribution in [2.24, 2.45) is 0 Å². The van der Waals surface area contributed by atoms with Crippen LogP contribution >= 0.6 is 0 Å². The van der Waals surface area contributed by atoms with E-state index < -0.39 is 18.5 Å². The summed E-state index contributed by atoms with van der Waals surface area (Å²) >= 11 is 0. The molecule has 3 heterocycles. The van der Waals surface area contributed by atoms with E-state index >= 15 is 0 Å². The van der Waals surface area contributed by atoms with E-state index in [2.05, 4.69) is 26.5 Å². The summed E-state index contributed by atoms with van der Waals surface area (Å²) in [7, 11) is 0. The number of esters is 1. The molecule has 1 saturated heterocycles. The van der Waals surface area contributed by atoms with Crippen LogP contribution in [-0.4, -0.2) is 46.3 Å². The Morgan fingerprint density at radius 1 is 1.11 bits per heavy atom. The van der Waals surface area contributed by atoms with Crippen LogP contribution in [0.3, 0.4) is 0 Å². The Bertz CT molecular complexity index is 1270. The second-order valence-electron chi connectivity index (χ2n) is 8.35. The zero-order valence-corrected chi connectivity index (χ0v) is 19.5. The smallest absolute Gasteiger partial charge is 0.359 e. The molecule has 1 aliphatic heterocycles. The molecule has 3 aromatic rings. The molecule has 10 heteroatoms. The third kappa shape index (κ3) is 5.30. The molecule has 0 radical (unpaired) electrons. The van der Waals surface area contributed by atoms with Crippen LogP contribution in [0.4, 0.5) is 16.0 Å². The lowest BCUT2D eigenvalue weighted by molar-refractivity contribution is -0.119. The highest BCUT2D eigenvalue weighted by atomic mass is 19.1. The summed E-state index contributed by atoms with van der Waals surface area (Å²) in [4.78, 5) is 27.0. The maximum Gasteiger partial charge on any atom is 0.359 e. The first-order chi connectivity index (χ1) is 16.9. The molecule has 0 saturated carbocycles. The molecule has 0 spiro atoms. The summed E-state index contributed by atoms with van der Waals surface area (Å²) < 4.78 is 20.2. The lowest BCUT2D eigenvalue weighted by atomic mass is 10.2. The van der Waals surface area contributed by atoms with Crippen LogP contribution in [-0.2, 0) is 16.1 Å². The average Bonchev–Trinajstić information content (AvgIpc) is 3.48. The van der Waals surface area contributed by atoms with Crippen molar-refractivity contribution in [1.29, 1.82) is 5.26 Å². The first kappa shape index (κ1) is 23.9. The molecular weight excluding hydrogens is 451 g/mol. The molecule has 35 heavy (non-hydrogen) atoms. The number of benzene rings is 1. The molecule has 0 unspecified atom stereocenters. The molecule has 0 aliphatic carbocycles. The minimum absolute atomic E-state index is 0.00448. The Morgan fingerprint density at radius 3 is 2.46 bits per heavy atom. The third-order valence-corrected chi connectivity index (χ3v) is 6.08. The van der Waals surface area contributed by atoms with Crippen LogP contribution < -0.4 is 10.2 Å². The third-order valence-electron chi connectivity index (χ3n) is 6.08. The van der Waals surface area contributed by atoms with Gasteiger partial charge in [-0.2, -0.15) is 5.26 Å². The maximum absolute atomic E-state index is 13.3. The van der Waals surface area contributed by atoms with Gasteiger partial charge in [0.25, 0.3) is 5.91 Å². The molecule has 1 aromatic carbocycles. The number of nitrogens with zero attached hydrogens (tertiary/aromatic N) is 5. The number of ether oxygens (including phenoxy) is 1. The van der Waals surface area contributed by atoms with E-state index in [9.17, 15) is 19.2 Å². The summed E-state index contributed by atoms with van der Waals surface area (Å²) in [5.74, 6) is -0.724. The van der Waals surface area contributed by atoms with E-state index in [-0.39, 0.29) is 11.5 Å². The van der Waals surface area contributed by atoms with Crippen molar-refractivity contribution in [2.45, 2.75) is 33.2 Å². The molecule has 1 amide bonds. The Labute approximate surface area is 202 Å². The van der Waals surface area contributed by atoms with Crippen LogP contribution in [0.2, 0.25) is 0 Å². The monoisotopic (exact) mass is 476 g/mol. The normalized spacial score (nSPS) is 12.9. The first-order valence-electron chi connectivity index (χ1n) is 11.3. The van der Waals surface area contributed by atoms with Gasteiger partial charge >= 0.3 is 5.97 Å². The van der Waals surface area contributed by atoms with Gasteiger partial charge in [-0.25, -0.2) is 9.18 Å². The SMILES string of the molecule is Cc1c(C#N)c(NC(=O)COC(=O)c2ccc(N3CCCC3)nn2)n(Cc2ccc(F)cc2)c1C. The lowest BCUT2D eigenvalue weighted by Gasteiger charge is -2.15. The fraction of sp³-hybridized carbons (Fsp3) is 0.320. The quantitative estimate of drug-likeness (QED) is 0.520.